The summed E-state index contributed by atoms with van der Waals surface area (Å²) in [5.74, 6) is 1.58. The first kappa shape index (κ1) is 24.7. The van der Waals surface area contributed by atoms with Gasteiger partial charge in [-0.2, -0.15) is 17.0 Å². The van der Waals surface area contributed by atoms with E-state index in [0.717, 1.165) is 25.4 Å². The average molecular weight is 467 g/mol. The first-order valence-electron chi connectivity index (χ1n) is 9.68. The number of methoxy groups -OCH3 is 1. The Kier molecular flexibility index (Phi) is 8.23. The minimum Gasteiger partial charge on any atom is -0.497 e. The number of likely N-dealkylation sites (tertiary alicyclic amines) is 1. The Morgan fingerprint density at radius 2 is 1.52 bits per heavy atom. The maximum absolute atomic E-state index is 13.1. The molecule has 29 heavy (non-hydrogen) atoms. The maximum atomic E-state index is 13.1. The highest BCUT2D eigenvalue weighted by Gasteiger charge is 2.50. The van der Waals surface area contributed by atoms with E-state index in [9.17, 15) is 8.42 Å². The van der Waals surface area contributed by atoms with E-state index in [2.05, 4.69) is 29.0 Å². The molecule has 3 fully saturated rings. The molecule has 0 aliphatic carbocycles. The fourth-order valence-corrected chi connectivity index (χ4v) is 6.58. The molecule has 1 aromatic rings. The molecule has 7 nitrogen and oxygen atoms in total. The molecule has 0 bridgehead atoms. The molecule has 0 unspecified atom stereocenters. The molecule has 1 aromatic carbocycles. The molecule has 0 N–H and O–H groups in total. The van der Waals surface area contributed by atoms with E-state index in [1.54, 1.807) is 15.7 Å². The third kappa shape index (κ3) is 4.69. The van der Waals surface area contributed by atoms with Gasteiger partial charge in [-0.15, -0.1) is 24.8 Å². The van der Waals surface area contributed by atoms with Gasteiger partial charge in [0, 0.05) is 51.9 Å². The monoisotopic (exact) mass is 466 g/mol. The van der Waals surface area contributed by atoms with Crippen molar-refractivity contribution in [3.63, 3.8) is 0 Å². The highest BCUT2D eigenvalue weighted by molar-refractivity contribution is 7.86. The largest absolute Gasteiger partial charge is 0.497 e. The van der Waals surface area contributed by atoms with Crippen LogP contribution in [-0.2, 0) is 10.2 Å². The van der Waals surface area contributed by atoms with Gasteiger partial charge in [0.15, 0.2) is 0 Å². The standard InChI is InChI=1S/C19H30N4O3S.2ClH/c1-20-8-10-22(11-9-20)27(24,25)23-13-16-12-21(2)19(18(16)14-23)15-4-6-17(26-3)7-5-15;;/h4-7,16,18-19H,8-14H2,1-3H3;2*1H/t16-,18+,19+;;/m0../s1. The number of likely N-dealkylation sites (N-methyl/N-ethyl adjacent to an activating group) is 1. The van der Waals surface area contributed by atoms with E-state index < -0.39 is 10.2 Å². The first-order valence-corrected chi connectivity index (χ1v) is 11.1. The lowest BCUT2D eigenvalue weighted by Crippen LogP contribution is -2.52. The third-order valence-electron chi connectivity index (χ3n) is 6.43. The lowest BCUT2D eigenvalue weighted by Gasteiger charge is -2.34. The Bertz CT molecular complexity index is 772. The number of hydrogen-bond donors (Lipinski definition) is 0. The number of fused-ring (bicyclic) bond motifs is 1. The number of rotatable bonds is 4. The van der Waals surface area contributed by atoms with Gasteiger partial charge in [0.05, 0.1) is 7.11 Å². The van der Waals surface area contributed by atoms with Crippen molar-refractivity contribution in [1.29, 1.82) is 0 Å². The maximum Gasteiger partial charge on any atom is 0.282 e. The van der Waals surface area contributed by atoms with E-state index >= 15 is 0 Å². The van der Waals surface area contributed by atoms with Crippen molar-refractivity contribution >= 4 is 35.0 Å². The summed E-state index contributed by atoms with van der Waals surface area (Å²) in [7, 11) is 2.50. The Morgan fingerprint density at radius 1 is 0.897 bits per heavy atom. The molecule has 4 rings (SSSR count). The van der Waals surface area contributed by atoms with E-state index in [4.69, 9.17) is 4.74 Å². The fourth-order valence-electron chi connectivity index (χ4n) is 4.89. The van der Waals surface area contributed by atoms with Crippen LogP contribution < -0.4 is 4.74 Å². The van der Waals surface area contributed by atoms with Crippen molar-refractivity contribution in [2.45, 2.75) is 6.04 Å². The third-order valence-corrected chi connectivity index (χ3v) is 8.40. The van der Waals surface area contributed by atoms with E-state index in [1.807, 2.05) is 19.2 Å². The van der Waals surface area contributed by atoms with Crippen molar-refractivity contribution in [3.8, 4) is 5.75 Å². The second-order valence-electron chi connectivity index (χ2n) is 8.11. The molecular formula is C19H32Cl2N4O3S. The Hall–Kier alpha value is -0.610. The highest BCUT2D eigenvalue weighted by atomic mass is 35.5. The molecule has 3 heterocycles. The zero-order valence-corrected chi connectivity index (χ0v) is 19.7. The molecule has 0 radical (unpaired) electrons. The molecule has 3 aliphatic heterocycles. The van der Waals surface area contributed by atoms with Crippen molar-refractivity contribution in [1.82, 2.24) is 18.4 Å². The molecule has 3 aliphatic rings. The predicted molar refractivity (Wildman–Crippen MR) is 119 cm³/mol. The summed E-state index contributed by atoms with van der Waals surface area (Å²) in [6, 6.07) is 8.46. The van der Waals surface area contributed by atoms with Crippen molar-refractivity contribution in [2.24, 2.45) is 11.8 Å². The molecule has 3 saturated heterocycles. The van der Waals surface area contributed by atoms with Crippen molar-refractivity contribution in [3.05, 3.63) is 29.8 Å². The second-order valence-corrected chi connectivity index (χ2v) is 10.0. The highest BCUT2D eigenvalue weighted by Crippen LogP contribution is 2.45. The summed E-state index contributed by atoms with van der Waals surface area (Å²) in [4.78, 5) is 4.55. The molecule has 0 amide bonds. The van der Waals surface area contributed by atoms with Crippen molar-refractivity contribution < 1.29 is 13.2 Å². The topological polar surface area (TPSA) is 56.3 Å². The summed E-state index contributed by atoms with van der Waals surface area (Å²) in [5.41, 5.74) is 1.24. The van der Waals surface area contributed by atoms with Crippen LogP contribution in [0.2, 0.25) is 0 Å². The van der Waals surface area contributed by atoms with Crippen LogP contribution in [-0.4, -0.2) is 93.8 Å². The van der Waals surface area contributed by atoms with Crippen LogP contribution in [0, 0.1) is 11.8 Å². The number of piperazine rings is 1. The average Bonchev–Trinajstić information content (AvgIpc) is 3.19. The van der Waals surface area contributed by atoms with Gasteiger partial charge < -0.3 is 9.64 Å². The lowest BCUT2D eigenvalue weighted by atomic mass is 9.89. The number of halogens is 2. The molecule has 0 saturated carbocycles. The van der Waals surface area contributed by atoms with Crippen LogP contribution in [0.15, 0.2) is 24.3 Å². The Balaban J connectivity index is 0.00000150. The van der Waals surface area contributed by atoms with Crippen LogP contribution in [0.25, 0.3) is 0 Å². The molecule has 10 heteroatoms. The normalized spacial score (nSPS) is 29.1. The summed E-state index contributed by atoms with van der Waals surface area (Å²) >= 11 is 0. The van der Waals surface area contributed by atoms with E-state index in [1.165, 1.54) is 5.56 Å². The van der Waals surface area contributed by atoms with Gasteiger partial charge in [-0.1, -0.05) is 12.1 Å². The van der Waals surface area contributed by atoms with Gasteiger partial charge in [-0.05, 0) is 43.6 Å². The summed E-state index contributed by atoms with van der Waals surface area (Å²) in [5, 5.41) is 0. The molecule has 166 valence electrons. The van der Waals surface area contributed by atoms with Crippen LogP contribution in [0.5, 0.6) is 5.75 Å². The minimum absolute atomic E-state index is 0. The number of ether oxygens (including phenoxy) is 1. The SMILES string of the molecule is COc1ccc([C@@H]2[C@@H]3CN(S(=O)(=O)N4CCN(C)CC4)C[C@@H]3CN2C)cc1.Cl.Cl. The van der Waals surface area contributed by atoms with Gasteiger partial charge >= 0.3 is 0 Å². The van der Waals surface area contributed by atoms with Crippen LogP contribution in [0.1, 0.15) is 11.6 Å². The van der Waals surface area contributed by atoms with Crippen LogP contribution in [0.4, 0.5) is 0 Å². The number of benzene rings is 1. The van der Waals surface area contributed by atoms with E-state index in [0.29, 0.717) is 38.0 Å². The predicted octanol–water partition coefficient (Wildman–Crippen LogP) is 1.57. The van der Waals surface area contributed by atoms with Crippen LogP contribution in [0.3, 0.4) is 0 Å². The molecular weight excluding hydrogens is 435 g/mol. The van der Waals surface area contributed by atoms with Crippen molar-refractivity contribution in [2.75, 3.05) is 67.0 Å². The minimum atomic E-state index is -3.36. The number of nitrogens with zero attached hydrogens (tertiary/aromatic N) is 4. The Morgan fingerprint density at radius 3 is 2.10 bits per heavy atom. The number of hydrogen-bond acceptors (Lipinski definition) is 5. The quantitative estimate of drug-likeness (QED) is 0.673. The fraction of sp³-hybridized carbons (Fsp3) is 0.684. The van der Waals surface area contributed by atoms with Gasteiger partial charge in [0.2, 0.25) is 0 Å². The summed E-state index contributed by atoms with van der Waals surface area (Å²) in [6.45, 7) is 4.97. The smallest absolute Gasteiger partial charge is 0.282 e. The van der Waals surface area contributed by atoms with Gasteiger partial charge in [0.1, 0.15) is 5.75 Å². The van der Waals surface area contributed by atoms with Gasteiger partial charge in [0.25, 0.3) is 10.2 Å². The molecule has 0 aromatic heterocycles. The second kappa shape index (κ2) is 9.68. The lowest BCUT2D eigenvalue weighted by molar-refractivity contribution is 0.209. The van der Waals surface area contributed by atoms with E-state index in [-0.39, 0.29) is 30.9 Å². The van der Waals surface area contributed by atoms with Crippen LogP contribution >= 0.6 is 24.8 Å². The summed E-state index contributed by atoms with van der Waals surface area (Å²) in [6.07, 6.45) is 0. The Labute approximate surface area is 187 Å². The molecule has 3 atom stereocenters. The zero-order valence-electron chi connectivity index (χ0n) is 17.2. The van der Waals surface area contributed by atoms with Gasteiger partial charge in [-0.25, -0.2) is 0 Å². The van der Waals surface area contributed by atoms with Gasteiger partial charge in [-0.3, -0.25) is 4.90 Å². The zero-order chi connectivity index (χ0) is 19.2. The first-order chi connectivity index (χ1) is 12.9. The summed E-state index contributed by atoms with van der Waals surface area (Å²) < 4.78 is 34.9. The molecule has 0 spiro atoms.